The molecule has 0 bridgehead atoms. The minimum Gasteiger partial charge on any atom is -0.301 e. The first kappa shape index (κ1) is 17.1. The molecule has 0 saturated carbocycles. The van der Waals surface area contributed by atoms with Gasteiger partial charge in [0.05, 0.1) is 11.7 Å². The van der Waals surface area contributed by atoms with Gasteiger partial charge in [-0.25, -0.2) is 4.98 Å². The minimum atomic E-state index is -0.162. The average molecular weight is 347 g/mol. The van der Waals surface area contributed by atoms with Crippen molar-refractivity contribution in [1.82, 2.24) is 19.7 Å². The Morgan fingerprint density at radius 1 is 1.46 bits per heavy atom. The third-order valence-corrected chi connectivity index (χ3v) is 5.90. The average Bonchev–Trinajstić information content (AvgIpc) is 3.12. The molecule has 7 heteroatoms. The lowest BCUT2D eigenvalue weighted by atomic mass is 9.93. The molecule has 2 aromatic heterocycles. The summed E-state index contributed by atoms with van der Waals surface area (Å²) in [5.41, 5.74) is 2.23. The number of aromatic nitrogens is 3. The minimum absolute atomic E-state index is 0.0226. The number of piperidine rings is 1. The molecule has 1 amide bonds. The quantitative estimate of drug-likeness (QED) is 0.924. The SMILES string of the molecule is Cc1nc(NC(=O)[C@@H](C)N2CCC[C@@H](c3ccnn3C)C2)sc1C. The van der Waals surface area contributed by atoms with Gasteiger partial charge in [0.25, 0.3) is 0 Å². The lowest BCUT2D eigenvalue weighted by molar-refractivity contribution is -0.121. The molecule has 1 aliphatic heterocycles. The Bertz CT molecular complexity index is 703. The molecule has 2 aromatic rings. The van der Waals surface area contributed by atoms with Crippen molar-refractivity contribution in [3.05, 3.63) is 28.5 Å². The van der Waals surface area contributed by atoms with E-state index < -0.39 is 0 Å². The van der Waals surface area contributed by atoms with Crippen LogP contribution in [0.1, 0.15) is 41.9 Å². The van der Waals surface area contributed by atoms with Gasteiger partial charge in [-0.15, -0.1) is 11.3 Å². The van der Waals surface area contributed by atoms with Gasteiger partial charge in [-0.1, -0.05) is 0 Å². The van der Waals surface area contributed by atoms with Crippen LogP contribution >= 0.6 is 11.3 Å². The van der Waals surface area contributed by atoms with Crippen LogP contribution < -0.4 is 5.32 Å². The summed E-state index contributed by atoms with van der Waals surface area (Å²) >= 11 is 1.53. The van der Waals surface area contributed by atoms with Crippen LogP contribution in [-0.4, -0.2) is 44.7 Å². The molecule has 0 aromatic carbocycles. The largest absolute Gasteiger partial charge is 0.301 e. The Labute approximate surface area is 146 Å². The summed E-state index contributed by atoms with van der Waals surface area (Å²) < 4.78 is 1.94. The molecule has 0 radical (unpaired) electrons. The normalized spacial score (nSPS) is 20.1. The maximum absolute atomic E-state index is 12.6. The monoisotopic (exact) mass is 347 g/mol. The van der Waals surface area contributed by atoms with Crippen LogP contribution in [0.25, 0.3) is 0 Å². The first-order valence-corrected chi connectivity index (χ1v) is 9.24. The van der Waals surface area contributed by atoms with Crippen molar-refractivity contribution in [3.63, 3.8) is 0 Å². The number of hydrogen-bond donors (Lipinski definition) is 1. The number of likely N-dealkylation sites (tertiary alicyclic amines) is 1. The number of carbonyl (C=O) groups excluding carboxylic acids is 1. The summed E-state index contributed by atoms with van der Waals surface area (Å²) in [6, 6.07) is 1.92. The van der Waals surface area contributed by atoms with Gasteiger partial charge in [-0.3, -0.25) is 14.4 Å². The van der Waals surface area contributed by atoms with Gasteiger partial charge in [0.2, 0.25) is 5.91 Å². The lowest BCUT2D eigenvalue weighted by Crippen LogP contribution is -2.46. The van der Waals surface area contributed by atoms with Crippen molar-refractivity contribution in [2.45, 2.75) is 45.6 Å². The molecular formula is C17H25N5OS. The van der Waals surface area contributed by atoms with E-state index in [1.807, 2.05) is 38.7 Å². The van der Waals surface area contributed by atoms with E-state index in [4.69, 9.17) is 0 Å². The number of anilines is 1. The van der Waals surface area contributed by atoms with Gasteiger partial charge in [0.1, 0.15) is 0 Å². The standard InChI is InChI=1S/C17H25N5OS/c1-11-13(3)24-17(19-11)20-16(23)12(2)22-9-5-6-14(10-22)15-7-8-18-21(15)4/h7-8,12,14H,5-6,9-10H2,1-4H3,(H,19,20,23)/t12-,14-/m1/s1. The highest BCUT2D eigenvalue weighted by Crippen LogP contribution is 2.28. The molecule has 2 atom stereocenters. The van der Waals surface area contributed by atoms with E-state index in [1.165, 1.54) is 17.0 Å². The van der Waals surface area contributed by atoms with E-state index in [1.54, 1.807) is 0 Å². The van der Waals surface area contributed by atoms with Crippen LogP contribution in [0, 0.1) is 13.8 Å². The smallest absolute Gasteiger partial charge is 0.243 e. The van der Waals surface area contributed by atoms with E-state index in [0.717, 1.165) is 36.5 Å². The molecule has 1 N–H and O–H groups in total. The van der Waals surface area contributed by atoms with Crippen molar-refractivity contribution < 1.29 is 4.79 Å². The Morgan fingerprint density at radius 2 is 2.25 bits per heavy atom. The van der Waals surface area contributed by atoms with E-state index in [2.05, 4.69) is 26.4 Å². The number of rotatable bonds is 4. The van der Waals surface area contributed by atoms with E-state index in [9.17, 15) is 4.79 Å². The summed E-state index contributed by atoms with van der Waals surface area (Å²) in [4.78, 5) is 20.4. The zero-order valence-corrected chi connectivity index (χ0v) is 15.6. The second-order valence-electron chi connectivity index (χ2n) is 6.54. The van der Waals surface area contributed by atoms with Gasteiger partial charge >= 0.3 is 0 Å². The van der Waals surface area contributed by atoms with Gasteiger partial charge < -0.3 is 5.32 Å². The van der Waals surface area contributed by atoms with E-state index in [0.29, 0.717) is 11.0 Å². The second-order valence-corrected chi connectivity index (χ2v) is 7.74. The summed E-state index contributed by atoms with van der Waals surface area (Å²) in [6.45, 7) is 7.82. The lowest BCUT2D eigenvalue weighted by Gasteiger charge is -2.36. The number of amides is 1. The van der Waals surface area contributed by atoms with Crippen molar-refractivity contribution in [2.75, 3.05) is 18.4 Å². The molecule has 1 fully saturated rings. The maximum Gasteiger partial charge on any atom is 0.243 e. The predicted octanol–water partition coefficient (Wildman–Crippen LogP) is 2.70. The highest BCUT2D eigenvalue weighted by Gasteiger charge is 2.29. The Hall–Kier alpha value is -1.73. The molecule has 3 heterocycles. The Balaban J connectivity index is 1.64. The Kier molecular flexibility index (Phi) is 5.01. The second kappa shape index (κ2) is 7.03. The molecule has 24 heavy (non-hydrogen) atoms. The summed E-state index contributed by atoms with van der Waals surface area (Å²) in [5.74, 6) is 0.459. The summed E-state index contributed by atoms with van der Waals surface area (Å²) in [6.07, 6.45) is 4.09. The summed E-state index contributed by atoms with van der Waals surface area (Å²) in [7, 11) is 1.98. The summed E-state index contributed by atoms with van der Waals surface area (Å²) in [5, 5.41) is 7.94. The molecule has 3 rings (SSSR count). The number of hydrogen-bond acceptors (Lipinski definition) is 5. The molecule has 0 aliphatic carbocycles. The number of aryl methyl sites for hydroxylation is 3. The van der Waals surface area contributed by atoms with Crippen LogP contribution in [-0.2, 0) is 11.8 Å². The number of thiazole rings is 1. The highest BCUT2D eigenvalue weighted by atomic mass is 32.1. The first-order valence-electron chi connectivity index (χ1n) is 8.42. The van der Waals surface area contributed by atoms with Gasteiger partial charge in [-0.2, -0.15) is 5.10 Å². The molecule has 1 aliphatic rings. The fraction of sp³-hybridized carbons (Fsp3) is 0.588. The molecule has 1 saturated heterocycles. The van der Waals surface area contributed by atoms with Gasteiger partial charge in [-0.05, 0) is 46.2 Å². The molecule has 6 nitrogen and oxygen atoms in total. The number of carbonyl (C=O) groups is 1. The van der Waals surface area contributed by atoms with Crippen LogP contribution in [0.2, 0.25) is 0 Å². The maximum atomic E-state index is 12.6. The fourth-order valence-corrected chi connectivity index (χ4v) is 4.10. The topological polar surface area (TPSA) is 63.1 Å². The van der Waals surface area contributed by atoms with Crippen LogP contribution in [0.3, 0.4) is 0 Å². The number of nitrogens with one attached hydrogen (secondary N) is 1. The number of nitrogens with zero attached hydrogens (tertiary/aromatic N) is 4. The van der Waals surface area contributed by atoms with E-state index in [-0.39, 0.29) is 11.9 Å². The first-order chi connectivity index (χ1) is 11.5. The van der Waals surface area contributed by atoms with Crippen molar-refractivity contribution >= 4 is 22.4 Å². The zero-order chi connectivity index (χ0) is 17.3. The molecular weight excluding hydrogens is 322 g/mol. The zero-order valence-electron chi connectivity index (χ0n) is 14.7. The van der Waals surface area contributed by atoms with E-state index >= 15 is 0 Å². The van der Waals surface area contributed by atoms with Crippen LogP contribution in [0.5, 0.6) is 0 Å². The third-order valence-electron chi connectivity index (χ3n) is 4.92. The molecule has 0 unspecified atom stereocenters. The van der Waals surface area contributed by atoms with Crippen molar-refractivity contribution in [2.24, 2.45) is 7.05 Å². The Morgan fingerprint density at radius 3 is 2.88 bits per heavy atom. The van der Waals surface area contributed by atoms with Crippen LogP contribution in [0.4, 0.5) is 5.13 Å². The van der Waals surface area contributed by atoms with Crippen molar-refractivity contribution in [3.8, 4) is 0 Å². The van der Waals surface area contributed by atoms with Gasteiger partial charge in [0, 0.05) is 36.3 Å². The predicted molar refractivity (Wildman–Crippen MR) is 96.4 cm³/mol. The fourth-order valence-electron chi connectivity index (χ4n) is 3.29. The van der Waals surface area contributed by atoms with Crippen LogP contribution in [0.15, 0.2) is 12.3 Å². The van der Waals surface area contributed by atoms with Crippen molar-refractivity contribution in [1.29, 1.82) is 0 Å². The molecule has 130 valence electrons. The van der Waals surface area contributed by atoms with Gasteiger partial charge in [0.15, 0.2) is 5.13 Å². The highest BCUT2D eigenvalue weighted by molar-refractivity contribution is 7.15. The molecule has 0 spiro atoms. The third kappa shape index (κ3) is 3.52.